The lowest BCUT2D eigenvalue weighted by atomic mass is 9.84. The third-order valence-corrected chi connectivity index (χ3v) is 3.49. The number of rotatable bonds is 2. The van der Waals surface area contributed by atoms with E-state index in [0.717, 1.165) is 18.4 Å². The van der Waals surface area contributed by atoms with Crippen molar-refractivity contribution in [2.75, 3.05) is 7.11 Å². The Labute approximate surface area is 102 Å². The summed E-state index contributed by atoms with van der Waals surface area (Å²) in [5, 5.41) is 3.50. The first-order valence-electron chi connectivity index (χ1n) is 6.19. The van der Waals surface area contributed by atoms with Gasteiger partial charge in [-0.15, -0.1) is 0 Å². The number of halogens is 1. The van der Waals surface area contributed by atoms with Crippen LogP contribution in [0.1, 0.15) is 38.2 Å². The molecule has 2 rings (SSSR count). The highest BCUT2D eigenvalue weighted by molar-refractivity contribution is 5.31. The van der Waals surface area contributed by atoms with Crippen LogP contribution in [0.4, 0.5) is 4.39 Å². The van der Waals surface area contributed by atoms with E-state index in [9.17, 15) is 4.39 Å². The second kappa shape index (κ2) is 5.05. The zero-order valence-electron chi connectivity index (χ0n) is 10.7. The first-order chi connectivity index (χ1) is 8.10. The van der Waals surface area contributed by atoms with E-state index in [4.69, 9.17) is 4.74 Å². The molecule has 0 bridgehead atoms. The van der Waals surface area contributed by atoms with Crippen molar-refractivity contribution in [1.29, 1.82) is 0 Å². The number of nitrogens with one attached hydrogen (secondary N) is 1. The van der Waals surface area contributed by atoms with Gasteiger partial charge < -0.3 is 10.1 Å². The molecule has 1 heterocycles. The maximum Gasteiger partial charge on any atom is 0.165 e. The molecule has 0 radical (unpaired) electrons. The summed E-state index contributed by atoms with van der Waals surface area (Å²) in [6.45, 7) is 4.37. The Morgan fingerprint density at radius 3 is 2.41 bits per heavy atom. The van der Waals surface area contributed by atoms with Gasteiger partial charge in [0.05, 0.1) is 7.11 Å². The molecular formula is C14H20FNO. The fourth-order valence-electron chi connectivity index (χ4n) is 2.78. The minimum atomic E-state index is -0.260. The summed E-state index contributed by atoms with van der Waals surface area (Å²) in [7, 11) is 1.49. The van der Waals surface area contributed by atoms with Crippen molar-refractivity contribution >= 4 is 0 Å². The highest BCUT2D eigenvalue weighted by Gasteiger charge is 2.24. The molecule has 0 aromatic heterocycles. The van der Waals surface area contributed by atoms with E-state index in [0.29, 0.717) is 23.8 Å². The summed E-state index contributed by atoms with van der Waals surface area (Å²) in [5.74, 6) is 0.509. The Morgan fingerprint density at radius 2 is 1.88 bits per heavy atom. The smallest absolute Gasteiger partial charge is 0.165 e. The molecule has 0 spiro atoms. The molecule has 0 amide bonds. The number of benzene rings is 1. The predicted molar refractivity (Wildman–Crippen MR) is 67.0 cm³/mol. The van der Waals surface area contributed by atoms with Crippen LogP contribution in [0, 0.1) is 5.82 Å². The lowest BCUT2D eigenvalue weighted by molar-refractivity contribution is 0.316. The largest absolute Gasteiger partial charge is 0.494 e. The Balaban J connectivity index is 2.19. The van der Waals surface area contributed by atoms with Gasteiger partial charge >= 0.3 is 0 Å². The molecule has 1 aliphatic rings. The van der Waals surface area contributed by atoms with E-state index in [1.165, 1.54) is 7.11 Å². The van der Waals surface area contributed by atoms with Crippen LogP contribution in [0.15, 0.2) is 18.2 Å². The van der Waals surface area contributed by atoms with Crippen LogP contribution in [0.3, 0.4) is 0 Å². The van der Waals surface area contributed by atoms with Crippen molar-refractivity contribution in [3.05, 3.63) is 29.6 Å². The number of piperidine rings is 1. The maximum atomic E-state index is 13.7. The van der Waals surface area contributed by atoms with Gasteiger partial charge in [0, 0.05) is 12.1 Å². The third-order valence-electron chi connectivity index (χ3n) is 3.49. The quantitative estimate of drug-likeness (QED) is 0.853. The van der Waals surface area contributed by atoms with Gasteiger partial charge in [-0.25, -0.2) is 4.39 Å². The normalized spacial score (nSPS) is 29.1. The van der Waals surface area contributed by atoms with Crippen molar-refractivity contribution in [2.24, 2.45) is 0 Å². The van der Waals surface area contributed by atoms with Gasteiger partial charge in [0.1, 0.15) is 0 Å². The summed E-state index contributed by atoms with van der Waals surface area (Å²) in [6, 6.07) is 6.32. The maximum absolute atomic E-state index is 13.7. The summed E-state index contributed by atoms with van der Waals surface area (Å²) in [5.41, 5.74) is 1.09. The first-order valence-corrected chi connectivity index (χ1v) is 6.19. The molecule has 1 N–H and O–H groups in total. The molecule has 0 aliphatic carbocycles. The van der Waals surface area contributed by atoms with Crippen LogP contribution in [-0.2, 0) is 0 Å². The Bertz CT molecular complexity index is 384. The molecule has 0 saturated carbocycles. The molecule has 1 aliphatic heterocycles. The van der Waals surface area contributed by atoms with Crippen molar-refractivity contribution in [1.82, 2.24) is 5.32 Å². The van der Waals surface area contributed by atoms with E-state index < -0.39 is 0 Å². The van der Waals surface area contributed by atoms with Crippen LogP contribution >= 0.6 is 0 Å². The van der Waals surface area contributed by atoms with Gasteiger partial charge in [-0.3, -0.25) is 0 Å². The van der Waals surface area contributed by atoms with Crippen LogP contribution in [0.5, 0.6) is 5.75 Å². The molecule has 1 aromatic rings. The van der Waals surface area contributed by atoms with Crippen LogP contribution in [0.25, 0.3) is 0 Å². The van der Waals surface area contributed by atoms with Gasteiger partial charge in [-0.1, -0.05) is 6.07 Å². The second-order valence-corrected chi connectivity index (χ2v) is 5.03. The van der Waals surface area contributed by atoms with Gasteiger partial charge in [0.25, 0.3) is 0 Å². The van der Waals surface area contributed by atoms with Gasteiger partial charge in [-0.2, -0.15) is 0 Å². The molecule has 94 valence electrons. The van der Waals surface area contributed by atoms with Gasteiger partial charge in [0.2, 0.25) is 0 Å². The SMILES string of the molecule is COc1ccc(C2CC(C)NC(C)C2)cc1F. The number of ether oxygens (including phenoxy) is 1. The number of hydrogen-bond acceptors (Lipinski definition) is 2. The van der Waals surface area contributed by atoms with E-state index in [1.807, 2.05) is 6.07 Å². The fraction of sp³-hybridized carbons (Fsp3) is 0.571. The lowest BCUT2D eigenvalue weighted by Gasteiger charge is -2.33. The first kappa shape index (κ1) is 12.4. The molecule has 1 fully saturated rings. The zero-order chi connectivity index (χ0) is 12.4. The number of methoxy groups -OCH3 is 1. The topological polar surface area (TPSA) is 21.3 Å². The van der Waals surface area contributed by atoms with Gasteiger partial charge in [0.15, 0.2) is 11.6 Å². The van der Waals surface area contributed by atoms with Crippen LogP contribution in [0.2, 0.25) is 0 Å². The minimum Gasteiger partial charge on any atom is -0.494 e. The summed E-state index contributed by atoms with van der Waals surface area (Å²) in [6.07, 6.45) is 2.13. The van der Waals surface area contributed by atoms with Crippen molar-refractivity contribution < 1.29 is 9.13 Å². The fourth-order valence-corrected chi connectivity index (χ4v) is 2.78. The van der Waals surface area contributed by atoms with Crippen molar-refractivity contribution in [3.8, 4) is 5.75 Å². The van der Waals surface area contributed by atoms with E-state index >= 15 is 0 Å². The molecule has 2 unspecified atom stereocenters. The third kappa shape index (κ3) is 2.78. The van der Waals surface area contributed by atoms with E-state index in [-0.39, 0.29) is 5.82 Å². The second-order valence-electron chi connectivity index (χ2n) is 5.03. The molecule has 3 heteroatoms. The average molecular weight is 237 g/mol. The molecule has 2 nitrogen and oxygen atoms in total. The standard InChI is InChI=1S/C14H20FNO/c1-9-6-12(7-10(2)16-9)11-4-5-14(17-3)13(15)8-11/h4-5,8-10,12,16H,6-7H2,1-3H3. The van der Waals surface area contributed by atoms with E-state index in [2.05, 4.69) is 19.2 Å². The summed E-state index contributed by atoms with van der Waals surface area (Å²) >= 11 is 0. The molecular weight excluding hydrogens is 217 g/mol. The average Bonchev–Trinajstić information content (AvgIpc) is 2.27. The summed E-state index contributed by atoms with van der Waals surface area (Å²) < 4.78 is 18.6. The molecule has 1 aromatic carbocycles. The minimum absolute atomic E-state index is 0.260. The van der Waals surface area contributed by atoms with Crippen LogP contribution in [-0.4, -0.2) is 19.2 Å². The van der Waals surface area contributed by atoms with Crippen molar-refractivity contribution in [2.45, 2.75) is 44.7 Å². The Morgan fingerprint density at radius 1 is 1.24 bits per heavy atom. The highest BCUT2D eigenvalue weighted by Crippen LogP contribution is 2.32. The highest BCUT2D eigenvalue weighted by atomic mass is 19.1. The van der Waals surface area contributed by atoms with Crippen molar-refractivity contribution in [3.63, 3.8) is 0 Å². The molecule has 17 heavy (non-hydrogen) atoms. The predicted octanol–water partition coefficient (Wildman–Crippen LogP) is 3.08. The molecule has 2 atom stereocenters. The Hall–Kier alpha value is -1.09. The summed E-state index contributed by atoms with van der Waals surface area (Å²) in [4.78, 5) is 0. The van der Waals surface area contributed by atoms with Gasteiger partial charge in [-0.05, 0) is 50.3 Å². The monoisotopic (exact) mass is 237 g/mol. The number of hydrogen-bond donors (Lipinski definition) is 1. The van der Waals surface area contributed by atoms with Crippen LogP contribution < -0.4 is 10.1 Å². The Kier molecular flexibility index (Phi) is 3.67. The van der Waals surface area contributed by atoms with E-state index in [1.54, 1.807) is 12.1 Å². The zero-order valence-corrected chi connectivity index (χ0v) is 10.7. The molecule has 1 saturated heterocycles. The lowest BCUT2D eigenvalue weighted by Crippen LogP contribution is -2.41.